The molecule has 1 aromatic heterocycles. The van der Waals surface area contributed by atoms with Gasteiger partial charge in [0, 0.05) is 25.5 Å². The number of aryl methyl sites for hydroxylation is 2. The van der Waals surface area contributed by atoms with Crippen molar-refractivity contribution in [3.63, 3.8) is 0 Å². The van der Waals surface area contributed by atoms with Crippen LogP contribution in [0.4, 0.5) is 10.5 Å². The van der Waals surface area contributed by atoms with Crippen LogP contribution in [0.5, 0.6) is 5.75 Å². The molecule has 2 aromatic carbocycles. The van der Waals surface area contributed by atoms with Crippen molar-refractivity contribution in [3.8, 4) is 5.75 Å². The predicted molar refractivity (Wildman–Crippen MR) is 106 cm³/mol. The summed E-state index contributed by atoms with van der Waals surface area (Å²) in [5.41, 5.74) is 1.95. The van der Waals surface area contributed by atoms with E-state index in [0.717, 1.165) is 28.9 Å². The quantitative estimate of drug-likeness (QED) is 0.591. The van der Waals surface area contributed by atoms with Crippen molar-refractivity contribution in [2.24, 2.45) is 0 Å². The Morgan fingerprint density at radius 1 is 1.00 bits per heavy atom. The molecular formula is C21H20N2O2S. The number of rotatable bonds is 5. The lowest BCUT2D eigenvalue weighted by Gasteiger charge is -2.16. The first kappa shape index (κ1) is 17.9. The smallest absolute Gasteiger partial charge is 0.410 e. The standard InChI is InChI=1S/C21H20N2O2S/c1-22(18-7-3-2-4-8-18)21(24)25-19-12-10-17(11-13-19)14-16-23-15-6-5-9-20(23)26/h2-13,15H,14,16H2,1H3. The zero-order valence-corrected chi connectivity index (χ0v) is 15.4. The molecule has 5 heteroatoms. The summed E-state index contributed by atoms with van der Waals surface area (Å²) in [7, 11) is 1.69. The average Bonchev–Trinajstić information content (AvgIpc) is 2.68. The lowest BCUT2D eigenvalue weighted by atomic mass is 10.1. The second-order valence-electron chi connectivity index (χ2n) is 5.89. The number of para-hydroxylation sites is 1. The van der Waals surface area contributed by atoms with Gasteiger partial charge < -0.3 is 9.30 Å². The van der Waals surface area contributed by atoms with Crippen LogP contribution < -0.4 is 9.64 Å². The van der Waals surface area contributed by atoms with Gasteiger partial charge in [-0.3, -0.25) is 4.90 Å². The van der Waals surface area contributed by atoms with Gasteiger partial charge in [-0.1, -0.05) is 48.6 Å². The summed E-state index contributed by atoms with van der Waals surface area (Å²) in [5.74, 6) is 0.526. The summed E-state index contributed by atoms with van der Waals surface area (Å²) in [6.07, 6.45) is 2.42. The summed E-state index contributed by atoms with van der Waals surface area (Å²) in [6, 6.07) is 22.8. The van der Waals surface area contributed by atoms with Gasteiger partial charge in [0.15, 0.2) is 0 Å². The van der Waals surface area contributed by atoms with E-state index in [9.17, 15) is 4.79 Å². The molecule has 0 fully saturated rings. The maximum atomic E-state index is 12.2. The number of anilines is 1. The lowest BCUT2D eigenvalue weighted by molar-refractivity contribution is 0.209. The van der Waals surface area contributed by atoms with Crippen LogP contribution in [-0.2, 0) is 13.0 Å². The van der Waals surface area contributed by atoms with Crippen LogP contribution in [0.1, 0.15) is 5.56 Å². The molecule has 26 heavy (non-hydrogen) atoms. The van der Waals surface area contributed by atoms with Crippen molar-refractivity contribution in [1.29, 1.82) is 0 Å². The van der Waals surface area contributed by atoms with Crippen molar-refractivity contribution in [2.45, 2.75) is 13.0 Å². The van der Waals surface area contributed by atoms with Crippen LogP contribution in [0.2, 0.25) is 0 Å². The second-order valence-corrected chi connectivity index (χ2v) is 6.31. The predicted octanol–water partition coefficient (Wildman–Crippen LogP) is 5.10. The Hall–Kier alpha value is -2.92. The fourth-order valence-corrected chi connectivity index (χ4v) is 2.78. The number of aromatic nitrogens is 1. The van der Waals surface area contributed by atoms with Gasteiger partial charge in [0.1, 0.15) is 10.4 Å². The molecule has 0 spiro atoms. The highest BCUT2D eigenvalue weighted by molar-refractivity contribution is 7.71. The Morgan fingerprint density at radius 3 is 2.38 bits per heavy atom. The summed E-state index contributed by atoms with van der Waals surface area (Å²) >= 11 is 5.30. The summed E-state index contributed by atoms with van der Waals surface area (Å²) in [4.78, 5) is 13.7. The van der Waals surface area contributed by atoms with Crippen LogP contribution >= 0.6 is 12.2 Å². The first-order valence-corrected chi connectivity index (χ1v) is 8.79. The molecule has 0 aliphatic carbocycles. The van der Waals surface area contributed by atoms with Gasteiger partial charge in [0.2, 0.25) is 0 Å². The topological polar surface area (TPSA) is 34.5 Å². The minimum atomic E-state index is -0.417. The van der Waals surface area contributed by atoms with Gasteiger partial charge in [-0.2, -0.15) is 0 Å². The number of benzene rings is 2. The zero-order chi connectivity index (χ0) is 18.4. The molecule has 0 aliphatic heterocycles. The third-order valence-corrected chi connectivity index (χ3v) is 4.46. The van der Waals surface area contributed by atoms with E-state index in [4.69, 9.17) is 17.0 Å². The first-order valence-electron chi connectivity index (χ1n) is 8.38. The monoisotopic (exact) mass is 364 g/mol. The minimum absolute atomic E-state index is 0.417. The van der Waals surface area contributed by atoms with E-state index >= 15 is 0 Å². The number of nitrogens with zero attached hydrogens (tertiary/aromatic N) is 2. The number of carbonyl (C=O) groups is 1. The lowest BCUT2D eigenvalue weighted by Crippen LogP contribution is -2.29. The van der Waals surface area contributed by atoms with Gasteiger partial charge >= 0.3 is 6.09 Å². The molecule has 0 N–H and O–H groups in total. The molecule has 3 rings (SSSR count). The maximum absolute atomic E-state index is 12.2. The van der Waals surface area contributed by atoms with Crippen molar-refractivity contribution in [3.05, 3.63) is 89.2 Å². The molecule has 4 nitrogen and oxygen atoms in total. The molecule has 0 atom stereocenters. The van der Waals surface area contributed by atoms with Crippen molar-refractivity contribution in [1.82, 2.24) is 4.57 Å². The van der Waals surface area contributed by atoms with Crippen molar-refractivity contribution in [2.75, 3.05) is 11.9 Å². The average molecular weight is 364 g/mol. The molecule has 0 saturated carbocycles. The number of pyridine rings is 1. The van der Waals surface area contributed by atoms with E-state index in [2.05, 4.69) is 0 Å². The van der Waals surface area contributed by atoms with Crippen LogP contribution in [0.3, 0.4) is 0 Å². The van der Waals surface area contributed by atoms with Gasteiger partial charge in [0.05, 0.1) is 0 Å². The van der Waals surface area contributed by atoms with Crippen molar-refractivity contribution < 1.29 is 9.53 Å². The fourth-order valence-electron chi connectivity index (χ4n) is 2.55. The molecule has 0 unspecified atom stereocenters. The number of carbonyl (C=O) groups excluding carboxylic acids is 1. The van der Waals surface area contributed by atoms with Gasteiger partial charge in [0.25, 0.3) is 0 Å². The Bertz CT molecular complexity index is 921. The number of hydrogen-bond donors (Lipinski definition) is 0. The molecule has 3 aromatic rings. The normalized spacial score (nSPS) is 10.3. The number of ether oxygens (including phenoxy) is 1. The van der Waals surface area contributed by atoms with E-state index < -0.39 is 6.09 Å². The van der Waals surface area contributed by atoms with Crippen LogP contribution in [0, 0.1) is 4.64 Å². The maximum Gasteiger partial charge on any atom is 0.419 e. The van der Waals surface area contributed by atoms with E-state index in [0.29, 0.717) is 5.75 Å². The largest absolute Gasteiger partial charge is 0.419 e. The number of hydrogen-bond acceptors (Lipinski definition) is 3. The second kappa shape index (κ2) is 8.45. The Morgan fingerprint density at radius 2 is 1.69 bits per heavy atom. The molecule has 1 amide bonds. The van der Waals surface area contributed by atoms with Crippen LogP contribution in [0.15, 0.2) is 79.0 Å². The highest BCUT2D eigenvalue weighted by Crippen LogP contribution is 2.17. The van der Waals surface area contributed by atoms with E-state index in [1.807, 2.05) is 83.6 Å². The van der Waals surface area contributed by atoms with Crippen molar-refractivity contribution >= 4 is 24.0 Å². The van der Waals surface area contributed by atoms with Gasteiger partial charge in [-0.15, -0.1) is 0 Å². The summed E-state index contributed by atoms with van der Waals surface area (Å²) in [5, 5.41) is 0. The molecule has 132 valence electrons. The highest BCUT2D eigenvalue weighted by atomic mass is 32.1. The highest BCUT2D eigenvalue weighted by Gasteiger charge is 2.12. The molecular weight excluding hydrogens is 344 g/mol. The molecule has 0 aliphatic rings. The van der Waals surface area contributed by atoms with Gasteiger partial charge in [-0.25, -0.2) is 4.79 Å². The van der Waals surface area contributed by atoms with Gasteiger partial charge in [-0.05, 0) is 48.4 Å². The zero-order valence-electron chi connectivity index (χ0n) is 14.5. The van der Waals surface area contributed by atoms with Crippen LogP contribution in [-0.4, -0.2) is 17.7 Å². The fraction of sp³-hybridized carbons (Fsp3) is 0.143. The van der Waals surface area contributed by atoms with E-state index in [1.54, 1.807) is 7.05 Å². The molecule has 0 saturated heterocycles. The Balaban J connectivity index is 1.58. The summed E-state index contributed by atoms with van der Waals surface area (Å²) in [6.45, 7) is 0.815. The molecule has 1 heterocycles. The Labute approximate surface area is 158 Å². The van der Waals surface area contributed by atoms with Crippen LogP contribution in [0.25, 0.3) is 0 Å². The third-order valence-electron chi connectivity index (χ3n) is 4.09. The summed E-state index contributed by atoms with van der Waals surface area (Å²) < 4.78 is 8.29. The van der Waals surface area contributed by atoms with E-state index in [-0.39, 0.29) is 0 Å². The molecule has 0 radical (unpaired) electrons. The SMILES string of the molecule is CN(C(=O)Oc1ccc(CCn2ccccc2=S)cc1)c1ccccc1. The molecule has 0 bridgehead atoms. The minimum Gasteiger partial charge on any atom is -0.410 e. The first-order chi connectivity index (χ1) is 12.6. The number of amides is 1. The third kappa shape index (κ3) is 4.58. The Kier molecular flexibility index (Phi) is 5.81. The van der Waals surface area contributed by atoms with E-state index in [1.165, 1.54) is 4.90 Å².